The highest BCUT2D eigenvalue weighted by molar-refractivity contribution is 5.95. The zero-order valence-corrected chi connectivity index (χ0v) is 18.2. The minimum Gasteiger partial charge on any atom is -0.444 e. The van der Waals surface area contributed by atoms with E-state index in [0.717, 1.165) is 36.8 Å². The van der Waals surface area contributed by atoms with Crippen LogP contribution in [0.25, 0.3) is 0 Å². The van der Waals surface area contributed by atoms with Crippen LogP contribution in [0, 0.1) is 0 Å². The molecule has 0 saturated carbocycles. The number of hydrogen-bond acceptors (Lipinski definition) is 3. The number of benzene rings is 2. The van der Waals surface area contributed by atoms with Gasteiger partial charge in [0.05, 0.1) is 0 Å². The van der Waals surface area contributed by atoms with Gasteiger partial charge < -0.3 is 15.0 Å². The summed E-state index contributed by atoms with van der Waals surface area (Å²) in [6, 6.07) is 18.2. The number of amides is 2. The lowest BCUT2D eigenvalue weighted by molar-refractivity contribution is 0.0199. The number of carbonyl (C=O) groups is 2. The van der Waals surface area contributed by atoms with Crippen LogP contribution in [0.15, 0.2) is 54.6 Å². The monoisotopic (exact) mass is 408 g/mol. The molecule has 1 aliphatic rings. The summed E-state index contributed by atoms with van der Waals surface area (Å²) in [6.45, 7) is 6.79. The van der Waals surface area contributed by atoms with E-state index < -0.39 is 5.60 Å². The molecule has 1 aliphatic heterocycles. The summed E-state index contributed by atoms with van der Waals surface area (Å²) in [4.78, 5) is 26.9. The molecule has 1 heterocycles. The van der Waals surface area contributed by atoms with Crippen LogP contribution in [0.2, 0.25) is 0 Å². The van der Waals surface area contributed by atoms with Gasteiger partial charge in [0.2, 0.25) is 0 Å². The van der Waals surface area contributed by atoms with Crippen molar-refractivity contribution in [2.75, 3.05) is 13.1 Å². The third kappa shape index (κ3) is 6.34. The van der Waals surface area contributed by atoms with Crippen molar-refractivity contribution in [1.29, 1.82) is 0 Å². The molecule has 2 aromatic carbocycles. The average Bonchev–Trinajstić information content (AvgIpc) is 2.72. The first-order valence-corrected chi connectivity index (χ1v) is 10.7. The lowest BCUT2D eigenvalue weighted by Gasteiger charge is -2.33. The maximum absolute atomic E-state index is 12.9. The van der Waals surface area contributed by atoms with Crippen molar-refractivity contribution in [3.8, 4) is 0 Å². The molecule has 0 spiro atoms. The normalized spacial score (nSPS) is 15.0. The van der Waals surface area contributed by atoms with Crippen LogP contribution in [0.4, 0.5) is 4.79 Å². The summed E-state index contributed by atoms with van der Waals surface area (Å²) in [7, 11) is 0. The molecule has 2 aromatic rings. The van der Waals surface area contributed by atoms with Gasteiger partial charge >= 0.3 is 6.09 Å². The number of aryl methyl sites for hydroxylation is 2. The van der Waals surface area contributed by atoms with Gasteiger partial charge in [-0.1, -0.05) is 48.5 Å². The maximum atomic E-state index is 12.9. The van der Waals surface area contributed by atoms with Gasteiger partial charge in [-0.05, 0) is 63.6 Å². The Morgan fingerprint density at radius 2 is 1.60 bits per heavy atom. The van der Waals surface area contributed by atoms with E-state index >= 15 is 0 Å². The number of rotatable bonds is 5. The maximum Gasteiger partial charge on any atom is 0.410 e. The van der Waals surface area contributed by atoms with Crippen LogP contribution in [0.3, 0.4) is 0 Å². The van der Waals surface area contributed by atoms with Crippen LogP contribution in [-0.4, -0.2) is 41.6 Å². The van der Waals surface area contributed by atoms with E-state index in [1.54, 1.807) is 4.90 Å². The molecule has 3 rings (SSSR count). The van der Waals surface area contributed by atoms with Crippen molar-refractivity contribution < 1.29 is 14.3 Å². The zero-order chi connectivity index (χ0) is 21.6. The number of ether oxygens (including phenoxy) is 1. The van der Waals surface area contributed by atoms with Gasteiger partial charge in [-0.3, -0.25) is 4.79 Å². The number of nitrogens with one attached hydrogen (secondary N) is 1. The molecule has 0 aliphatic carbocycles. The van der Waals surface area contributed by atoms with Crippen LogP contribution in [-0.2, 0) is 17.6 Å². The van der Waals surface area contributed by atoms with E-state index in [2.05, 4.69) is 17.4 Å². The van der Waals surface area contributed by atoms with E-state index in [1.165, 1.54) is 5.56 Å². The fourth-order valence-electron chi connectivity index (χ4n) is 3.68. The molecular weight excluding hydrogens is 376 g/mol. The van der Waals surface area contributed by atoms with Crippen molar-refractivity contribution in [1.82, 2.24) is 10.2 Å². The molecule has 30 heavy (non-hydrogen) atoms. The van der Waals surface area contributed by atoms with E-state index in [1.807, 2.05) is 63.2 Å². The predicted octanol–water partition coefficient (Wildman–Crippen LogP) is 4.60. The fourth-order valence-corrected chi connectivity index (χ4v) is 3.68. The molecule has 1 N–H and O–H groups in total. The van der Waals surface area contributed by atoms with Gasteiger partial charge in [0.1, 0.15) is 5.60 Å². The molecule has 2 amide bonds. The highest BCUT2D eigenvalue weighted by atomic mass is 16.6. The number of nitrogens with zero attached hydrogens (tertiary/aromatic N) is 1. The third-order valence-electron chi connectivity index (χ3n) is 5.27. The molecule has 0 atom stereocenters. The zero-order valence-electron chi connectivity index (χ0n) is 18.2. The summed E-state index contributed by atoms with van der Waals surface area (Å²) >= 11 is 0. The molecule has 0 aromatic heterocycles. The first-order chi connectivity index (χ1) is 14.3. The molecular formula is C25H32N2O3. The molecule has 0 unspecified atom stereocenters. The summed E-state index contributed by atoms with van der Waals surface area (Å²) < 4.78 is 5.44. The Labute approximate surface area is 179 Å². The highest BCUT2D eigenvalue weighted by Crippen LogP contribution is 2.17. The summed E-state index contributed by atoms with van der Waals surface area (Å²) in [6.07, 6.45) is 2.91. The Hall–Kier alpha value is -2.82. The van der Waals surface area contributed by atoms with Gasteiger partial charge in [-0.15, -0.1) is 0 Å². The number of carbonyl (C=O) groups excluding carboxylic acids is 2. The first-order valence-electron chi connectivity index (χ1n) is 10.7. The Kier molecular flexibility index (Phi) is 7.14. The minimum atomic E-state index is -0.494. The average molecular weight is 409 g/mol. The fraction of sp³-hybridized carbons (Fsp3) is 0.440. The van der Waals surface area contributed by atoms with Crippen molar-refractivity contribution >= 4 is 12.0 Å². The molecule has 1 fully saturated rings. The summed E-state index contributed by atoms with van der Waals surface area (Å²) in [5, 5.41) is 3.16. The van der Waals surface area contributed by atoms with E-state index in [9.17, 15) is 9.59 Å². The van der Waals surface area contributed by atoms with Gasteiger partial charge in [-0.2, -0.15) is 0 Å². The molecule has 160 valence electrons. The standard InChI is InChI=1S/C25H32N2O3/c1-25(2,3)30-24(29)27-17-15-21(16-18-27)26-23(28)22-12-8-7-11-20(22)14-13-19-9-5-4-6-10-19/h4-12,21H,13-18H2,1-3H3,(H,26,28). The molecule has 0 bridgehead atoms. The SMILES string of the molecule is CC(C)(C)OC(=O)N1CCC(NC(=O)c2ccccc2CCc2ccccc2)CC1. The topological polar surface area (TPSA) is 58.6 Å². The lowest BCUT2D eigenvalue weighted by atomic mass is 9.98. The highest BCUT2D eigenvalue weighted by Gasteiger charge is 2.27. The molecule has 5 heteroatoms. The quantitative estimate of drug-likeness (QED) is 0.786. The number of piperidine rings is 1. The van der Waals surface area contributed by atoms with Crippen LogP contribution in [0.5, 0.6) is 0 Å². The smallest absolute Gasteiger partial charge is 0.410 e. The van der Waals surface area contributed by atoms with Crippen LogP contribution < -0.4 is 5.32 Å². The Morgan fingerprint density at radius 3 is 2.27 bits per heavy atom. The van der Waals surface area contributed by atoms with Crippen LogP contribution in [0.1, 0.15) is 55.1 Å². The number of hydrogen-bond donors (Lipinski definition) is 1. The first kappa shape index (κ1) is 21.9. The van der Waals surface area contributed by atoms with Crippen molar-refractivity contribution in [2.24, 2.45) is 0 Å². The van der Waals surface area contributed by atoms with Gasteiger partial charge in [0.15, 0.2) is 0 Å². The second kappa shape index (κ2) is 9.79. The van der Waals surface area contributed by atoms with E-state index in [-0.39, 0.29) is 18.0 Å². The minimum absolute atomic E-state index is 0.0330. The van der Waals surface area contributed by atoms with Crippen molar-refractivity contribution in [3.05, 3.63) is 71.3 Å². The Bertz CT molecular complexity index is 850. The largest absolute Gasteiger partial charge is 0.444 e. The molecule has 1 saturated heterocycles. The van der Waals surface area contributed by atoms with Crippen molar-refractivity contribution in [2.45, 2.75) is 58.1 Å². The van der Waals surface area contributed by atoms with E-state index in [4.69, 9.17) is 4.74 Å². The van der Waals surface area contributed by atoms with E-state index in [0.29, 0.717) is 13.1 Å². The second-order valence-electron chi connectivity index (χ2n) is 8.86. The lowest BCUT2D eigenvalue weighted by Crippen LogP contribution is -2.47. The Balaban J connectivity index is 1.54. The predicted molar refractivity (Wildman–Crippen MR) is 119 cm³/mol. The molecule has 5 nitrogen and oxygen atoms in total. The second-order valence-corrected chi connectivity index (χ2v) is 8.86. The number of likely N-dealkylation sites (tertiary alicyclic amines) is 1. The van der Waals surface area contributed by atoms with Crippen LogP contribution >= 0.6 is 0 Å². The van der Waals surface area contributed by atoms with Gasteiger partial charge in [-0.25, -0.2) is 4.79 Å². The summed E-state index contributed by atoms with van der Waals surface area (Å²) in [5.74, 6) is -0.0330. The molecule has 0 radical (unpaired) electrons. The summed E-state index contributed by atoms with van der Waals surface area (Å²) in [5.41, 5.74) is 2.57. The van der Waals surface area contributed by atoms with Gasteiger partial charge in [0, 0.05) is 24.7 Å². The third-order valence-corrected chi connectivity index (χ3v) is 5.27. The van der Waals surface area contributed by atoms with Crippen molar-refractivity contribution in [3.63, 3.8) is 0 Å². The Morgan fingerprint density at radius 1 is 0.967 bits per heavy atom. The van der Waals surface area contributed by atoms with Gasteiger partial charge in [0.25, 0.3) is 5.91 Å².